The lowest BCUT2D eigenvalue weighted by Crippen LogP contribution is -2.40. The fourth-order valence-electron chi connectivity index (χ4n) is 5.20. The molecular formula is C33H33N5O6S2. The highest BCUT2D eigenvalue weighted by molar-refractivity contribution is 7.99. The van der Waals surface area contributed by atoms with Crippen LogP contribution >= 0.6 is 23.1 Å². The largest absolute Gasteiger partial charge is 0.463 e. The van der Waals surface area contributed by atoms with Crippen LogP contribution in [0.15, 0.2) is 84.4 Å². The van der Waals surface area contributed by atoms with Crippen LogP contribution in [0.4, 0.5) is 5.69 Å². The number of rotatable bonds is 10. The molecule has 2 aromatic heterocycles. The van der Waals surface area contributed by atoms with Gasteiger partial charge in [0.2, 0.25) is 0 Å². The summed E-state index contributed by atoms with van der Waals surface area (Å²) >= 11 is 2.27. The minimum atomic E-state index is -0.777. The number of nitro benzene ring substituents is 1. The van der Waals surface area contributed by atoms with E-state index >= 15 is 0 Å². The number of hydrogen-bond donors (Lipinski definition) is 1. The second-order valence-electron chi connectivity index (χ2n) is 11.0. The predicted molar refractivity (Wildman–Crippen MR) is 177 cm³/mol. The second-order valence-corrected chi connectivity index (χ2v) is 13.0. The first-order valence-corrected chi connectivity index (χ1v) is 16.5. The second kappa shape index (κ2) is 13.8. The zero-order valence-electron chi connectivity index (χ0n) is 26.0. The molecule has 0 spiro atoms. The van der Waals surface area contributed by atoms with E-state index in [-0.39, 0.29) is 22.4 Å². The van der Waals surface area contributed by atoms with Gasteiger partial charge in [0.05, 0.1) is 33.4 Å². The summed E-state index contributed by atoms with van der Waals surface area (Å²) in [7, 11) is 0. The van der Waals surface area contributed by atoms with Crippen molar-refractivity contribution in [3.05, 3.63) is 122 Å². The molecule has 5 rings (SSSR count). The standard InChI is InChI=1S/C33H33N5O6S2/c1-6-8-24-28(31(41)44-7-2)29(21-11-9-20(10-12-21)18(3)4)37-30(40)26(46-33(37)35-24)17-22-16-23(38(42)43)13-14-25(22)45-32-34-19(5)15-27(39)36-32/h9-18,29H,6-8H2,1-5H3,(H,34,36,39)/b26-17+/t29-/m1/s1. The maximum Gasteiger partial charge on any atom is 0.338 e. The van der Waals surface area contributed by atoms with Gasteiger partial charge in [-0.2, -0.15) is 0 Å². The van der Waals surface area contributed by atoms with Gasteiger partial charge in [-0.25, -0.2) is 14.8 Å². The van der Waals surface area contributed by atoms with Gasteiger partial charge in [0, 0.05) is 28.8 Å². The summed E-state index contributed by atoms with van der Waals surface area (Å²) < 4.78 is 7.26. The number of fused-ring (bicyclic) bond motifs is 1. The summed E-state index contributed by atoms with van der Waals surface area (Å²) in [5, 5.41) is 12.0. The van der Waals surface area contributed by atoms with E-state index in [1.54, 1.807) is 26.0 Å². The number of nitrogens with one attached hydrogen (secondary N) is 1. The minimum Gasteiger partial charge on any atom is -0.463 e. The zero-order chi connectivity index (χ0) is 33.1. The summed E-state index contributed by atoms with van der Waals surface area (Å²) in [5.41, 5.74) is 2.77. The van der Waals surface area contributed by atoms with E-state index in [0.717, 1.165) is 40.6 Å². The Kier molecular flexibility index (Phi) is 9.82. The first-order valence-electron chi connectivity index (χ1n) is 14.9. The highest BCUT2D eigenvalue weighted by Crippen LogP contribution is 2.34. The number of H-pyrrole nitrogens is 1. The van der Waals surface area contributed by atoms with E-state index in [0.29, 0.717) is 49.7 Å². The molecular weight excluding hydrogens is 627 g/mol. The predicted octanol–water partition coefficient (Wildman–Crippen LogP) is 5.15. The van der Waals surface area contributed by atoms with E-state index in [1.807, 2.05) is 31.2 Å². The molecule has 13 heteroatoms. The third kappa shape index (κ3) is 6.80. The minimum absolute atomic E-state index is 0.160. The number of carbonyl (C=O) groups excluding carboxylic acids is 1. The summed E-state index contributed by atoms with van der Waals surface area (Å²) in [6.45, 7) is 9.77. The number of non-ortho nitro benzene ring substituents is 1. The number of nitrogens with zero attached hydrogens (tertiary/aromatic N) is 4. The highest BCUT2D eigenvalue weighted by Gasteiger charge is 2.34. The summed E-state index contributed by atoms with van der Waals surface area (Å²) in [6.07, 6.45) is 2.81. The number of benzene rings is 2. The first-order chi connectivity index (χ1) is 22.0. The van der Waals surface area contributed by atoms with Crippen molar-refractivity contribution < 1.29 is 14.5 Å². The molecule has 0 aliphatic carbocycles. The number of thiazole rings is 1. The summed E-state index contributed by atoms with van der Waals surface area (Å²) in [6, 6.07) is 12.7. The van der Waals surface area contributed by atoms with Crippen molar-refractivity contribution in [1.82, 2.24) is 14.5 Å². The molecule has 0 fully saturated rings. The average Bonchev–Trinajstić information content (AvgIpc) is 3.31. The molecule has 4 aromatic rings. The number of esters is 1. The van der Waals surface area contributed by atoms with E-state index in [1.165, 1.54) is 22.8 Å². The number of aryl methyl sites for hydroxylation is 1. The maximum absolute atomic E-state index is 14.3. The Morgan fingerprint density at radius 3 is 2.54 bits per heavy atom. The van der Waals surface area contributed by atoms with Gasteiger partial charge in [0.1, 0.15) is 0 Å². The van der Waals surface area contributed by atoms with E-state index in [9.17, 15) is 24.5 Å². The van der Waals surface area contributed by atoms with Gasteiger partial charge >= 0.3 is 5.97 Å². The van der Waals surface area contributed by atoms with Gasteiger partial charge in [0.25, 0.3) is 16.8 Å². The molecule has 238 valence electrons. The van der Waals surface area contributed by atoms with Gasteiger partial charge in [-0.3, -0.25) is 24.3 Å². The molecule has 11 nitrogen and oxygen atoms in total. The molecule has 0 saturated carbocycles. The van der Waals surface area contributed by atoms with Gasteiger partial charge < -0.3 is 9.72 Å². The molecule has 1 aliphatic rings. The molecule has 1 aliphatic heterocycles. The number of carbonyl (C=O) groups is 1. The van der Waals surface area contributed by atoms with Crippen LogP contribution in [0, 0.1) is 17.0 Å². The average molecular weight is 660 g/mol. The Bertz CT molecular complexity index is 2090. The van der Waals surface area contributed by atoms with Gasteiger partial charge in [-0.1, -0.05) is 74.6 Å². The van der Waals surface area contributed by atoms with Crippen LogP contribution in [0.2, 0.25) is 0 Å². The molecule has 1 N–H and O–H groups in total. The molecule has 0 amide bonds. The van der Waals surface area contributed by atoms with E-state index in [2.05, 4.69) is 23.8 Å². The maximum atomic E-state index is 14.3. The van der Waals surface area contributed by atoms with E-state index in [4.69, 9.17) is 9.73 Å². The molecule has 0 unspecified atom stereocenters. The fraction of sp³-hybridized carbons (Fsp3) is 0.303. The molecule has 46 heavy (non-hydrogen) atoms. The number of aromatic nitrogens is 3. The zero-order valence-corrected chi connectivity index (χ0v) is 27.7. The molecule has 2 aromatic carbocycles. The Hall–Kier alpha value is -4.62. The van der Waals surface area contributed by atoms with Gasteiger partial charge in [-0.15, -0.1) is 0 Å². The topological polar surface area (TPSA) is 150 Å². The highest BCUT2D eigenvalue weighted by atomic mass is 32.2. The number of ether oxygens (including phenoxy) is 1. The Morgan fingerprint density at radius 1 is 1.17 bits per heavy atom. The van der Waals surface area contributed by atoms with Crippen LogP contribution in [0.5, 0.6) is 0 Å². The van der Waals surface area contributed by atoms with Crippen molar-refractivity contribution in [1.29, 1.82) is 0 Å². The van der Waals surface area contributed by atoms with E-state index < -0.39 is 22.5 Å². The van der Waals surface area contributed by atoms with Crippen LogP contribution in [0.25, 0.3) is 6.08 Å². The quantitative estimate of drug-likeness (QED) is 0.106. The van der Waals surface area contributed by atoms with Crippen LogP contribution in [0.3, 0.4) is 0 Å². The van der Waals surface area contributed by atoms with Crippen LogP contribution in [-0.4, -0.2) is 32.0 Å². The Morgan fingerprint density at radius 2 is 1.91 bits per heavy atom. The summed E-state index contributed by atoms with van der Waals surface area (Å²) in [5.74, 6) is -0.236. The third-order valence-electron chi connectivity index (χ3n) is 7.36. The van der Waals surface area contributed by atoms with Crippen molar-refractivity contribution in [2.45, 2.75) is 69.5 Å². The number of allylic oxidation sites excluding steroid dienone is 1. The molecule has 1 atom stereocenters. The Labute approximate surface area is 272 Å². The monoisotopic (exact) mass is 659 g/mol. The lowest BCUT2D eigenvalue weighted by molar-refractivity contribution is -0.384. The molecule has 0 radical (unpaired) electrons. The van der Waals surface area contributed by atoms with Gasteiger partial charge in [-0.05, 0) is 55.0 Å². The number of aromatic amines is 1. The normalized spacial score (nSPS) is 14.7. The van der Waals surface area contributed by atoms with Crippen LogP contribution in [-0.2, 0) is 9.53 Å². The summed E-state index contributed by atoms with van der Waals surface area (Å²) in [4.78, 5) is 63.8. The molecule has 3 heterocycles. The van der Waals surface area contributed by atoms with Crippen molar-refractivity contribution in [2.75, 3.05) is 6.61 Å². The first kappa shape index (κ1) is 32.8. The van der Waals surface area contributed by atoms with Crippen LogP contribution in [0.1, 0.15) is 74.9 Å². The van der Waals surface area contributed by atoms with Crippen molar-refractivity contribution >= 4 is 40.8 Å². The Balaban J connectivity index is 1.74. The molecule has 0 bridgehead atoms. The number of hydrogen-bond acceptors (Lipinski definition) is 10. The SMILES string of the molecule is CCCC1=C(C(=O)OCC)[C@@H](c2ccc(C(C)C)cc2)n2c(s/c(=C/c3cc([N+](=O)[O-])ccc3Sc3nc(C)cc(=O)[nH]3)c2=O)=N1. The number of nitro groups is 1. The lowest BCUT2D eigenvalue weighted by atomic mass is 9.92. The smallest absolute Gasteiger partial charge is 0.338 e. The fourth-order valence-corrected chi connectivity index (χ4v) is 7.13. The lowest BCUT2D eigenvalue weighted by Gasteiger charge is -2.26. The van der Waals surface area contributed by atoms with Crippen molar-refractivity contribution in [3.63, 3.8) is 0 Å². The van der Waals surface area contributed by atoms with Crippen LogP contribution < -0.4 is 20.5 Å². The van der Waals surface area contributed by atoms with Gasteiger partial charge in [0.15, 0.2) is 9.96 Å². The molecule has 0 saturated heterocycles. The van der Waals surface area contributed by atoms with Crippen molar-refractivity contribution in [2.24, 2.45) is 4.99 Å². The van der Waals surface area contributed by atoms with Crippen molar-refractivity contribution in [3.8, 4) is 0 Å². The third-order valence-corrected chi connectivity index (χ3v) is 9.32.